The van der Waals surface area contributed by atoms with Crippen LogP contribution in [0.25, 0.3) is 0 Å². The first-order chi connectivity index (χ1) is 8.19. The normalized spacial score (nSPS) is 14.9. The Morgan fingerprint density at radius 1 is 1.29 bits per heavy atom. The van der Waals surface area contributed by atoms with Gasteiger partial charge in [-0.2, -0.15) is 0 Å². The van der Waals surface area contributed by atoms with Crippen LogP contribution in [0.15, 0.2) is 24.5 Å². The third-order valence-electron chi connectivity index (χ3n) is 3.37. The van der Waals surface area contributed by atoms with Gasteiger partial charge in [0.2, 0.25) is 0 Å². The molecule has 0 amide bonds. The minimum absolute atomic E-state index is 0.535. The molecule has 0 aliphatic carbocycles. The Bertz CT molecular complexity index is 300. The standard InChI is InChI=1S/C14H25N3/c1-5-14(16-6-2)12(3)17(4)11-13-7-9-15-10-8-13/h7-10,12,14,16H,5-6,11H2,1-4H3. The Morgan fingerprint density at radius 3 is 2.47 bits per heavy atom. The summed E-state index contributed by atoms with van der Waals surface area (Å²) < 4.78 is 0. The molecule has 1 aromatic heterocycles. The smallest absolute Gasteiger partial charge is 0.0271 e. The van der Waals surface area contributed by atoms with Crippen molar-refractivity contribution in [1.29, 1.82) is 0 Å². The number of hydrogen-bond acceptors (Lipinski definition) is 3. The summed E-state index contributed by atoms with van der Waals surface area (Å²) in [6.07, 6.45) is 4.88. The first kappa shape index (κ1) is 14.1. The highest BCUT2D eigenvalue weighted by Gasteiger charge is 2.18. The molecule has 0 bridgehead atoms. The van der Waals surface area contributed by atoms with Gasteiger partial charge in [-0.3, -0.25) is 9.88 Å². The highest BCUT2D eigenvalue weighted by molar-refractivity contribution is 5.09. The van der Waals surface area contributed by atoms with E-state index in [1.165, 1.54) is 5.56 Å². The molecular formula is C14H25N3. The van der Waals surface area contributed by atoms with Gasteiger partial charge in [0, 0.05) is 31.0 Å². The molecule has 2 unspecified atom stereocenters. The lowest BCUT2D eigenvalue weighted by atomic mass is 10.1. The number of rotatable bonds is 7. The third kappa shape index (κ3) is 4.44. The van der Waals surface area contributed by atoms with Crippen LogP contribution in [0.1, 0.15) is 32.8 Å². The summed E-state index contributed by atoms with van der Waals surface area (Å²) in [5.74, 6) is 0. The van der Waals surface area contributed by atoms with Crippen LogP contribution < -0.4 is 5.32 Å². The van der Waals surface area contributed by atoms with Crippen molar-refractivity contribution in [2.45, 2.75) is 45.8 Å². The van der Waals surface area contributed by atoms with Gasteiger partial charge in [0.05, 0.1) is 0 Å². The molecule has 0 aliphatic rings. The second-order valence-corrected chi connectivity index (χ2v) is 4.58. The molecule has 0 aliphatic heterocycles. The van der Waals surface area contributed by atoms with E-state index in [1.807, 2.05) is 12.4 Å². The summed E-state index contributed by atoms with van der Waals surface area (Å²) in [6, 6.07) is 5.26. The zero-order chi connectivity index (χ0) is 12.7. The highest BCUT2D eigenvalue weighted by Crippen LogP contribution is 2.10. The van der Waals surface area contributed by atoms with E-state index in [2.05, 4.69) is 55.2 Å². The van der Waals surface area contributed by atoms with Crippen molar-refractivity contribution in [2.24, 2.45) is 0 Å². The zero-order valence-electron chi connectivity index (χ0n) is 11.5. The van der Waals surface area contributed by atoms with Gasteiger partial charge >= 0.3 is 0 Å². The van der Waals surface area contributed by atoms with Crippen LogP contribution in [0.2, 0.25) is 0 Å². The number of likely N-dealkylation sites (N-methyl/N-ethyl adjacent to an activating group) is 2. The van der Waals surface area contributed by atoms with E-state index in [-0.39, 0.29) is 0 Å². The summed E-state index contributed by atoms with van der Waals surface area (Å²) in [5, 5.41) is 3.54. The lowest BCUT2D eigenvalue weighted by molar-refractivity contribution is 0.196. The van der Waals surface area contributed by atoms with Crippen molar-refractivity contribution in [3.05, 3.63) is 30.1 Å². The van der Waals surface area contributed by atoms with E-state index in [0.717, 1.165) is 19.5 Å². The van der Waals surface area contributed by atoms with E-state index in [4.69, 9.17) is 0 Å². The molecule has 0 fully saturated rings. The first-order valence-electron chi connectivity index (χ1n) is 6.51. The minimum atomic E-state index is 0.535. The number of nitrogens with one attached hydrogen (secondary N) is 1. The maximum absolute atomic E-state index is 4.05. The van der Waals surface area contributed by atoms with Gasteiger partial charge in [0.1, 0.15) is 0 Å². The maximum atomic E-state index is 4.05. The van der Waals surface area contributed by atoms with Crippen LogP contribution in [0.4, 0.5) is 0 Å². The van der Waals surface area contributed by atoms with Gasteiger partial charge in [-0.1, -0.05) is 13.8 Å². The predicted molar refractivity (Wildman–Crippen MR) is 72.9 cm³/mol. The van der Waals surface area contributed by atoms with Gasteiger partial charge in [-0.15, -0.1) is 0 Å². The average Bonchev–Trinajstić information content (AvgIpc) is 2.36. The first-order valence-corrected chi connectivity index (χ1v) is 6.51. The lowest BCUT2D eigenvalue weighted by Gasteiger charge is -2.32. The minimum Gasteiger partial charge on any atom is -0.313 e. The summed E-state index contributed by atoms with van der Waals surface area (Å²) in [7, 11) is 2.19. The van der Waals surface area contributed by atoms with Gasteiger partial charge < -0.3 is 5.32 Å². The topological polar surface area (TPSA) is 28.2 Å². The largest absolute Gasteiger partial charge is 0.313 e. The Kier molecular flexibility index (Phi) is 6.16. The van der Waals surface area contributed by atoms with Crippen LogP contribution in [0.3, 0.4) is 0 Å². The quantitative estimate of drug-likeness (QED) is 0.786. The van der Waals surface area contributed by atoms with Crippen LogP contribution in [0, 0.1) is 0 Å². The molecule has 3 nitrogen and oxygen atoms in total. The number of nitrogens with zero attached hydrogens (tertiary/aromatic N) is 2. The molecule has 1 N–H and O–H groups in total. The summed E-state index contributed by atoms with van der Waals surface area (Å²) in [5.41, 5.74) is 1.32. The molecular weight excluding hydrogens is 210 g/mol. The van der Waals surface area contributed by atoms with Gasteiger partial charge in [0.25, 0.3) is 0 Å². The highest BCUT2D eigenvalue weighted by atomic mass is 15.2. The van der Waals surface area contributed by atoms with Gasteiger partial charge in [-0.25, -0.2) is 0 Å². The monoisotopic (exact) mass is 235 g/mol. The van der Waals surface area contributed by atoms with Crippen molar-refractivity contribution in [2.75, 3.05) is 13.6 Å². The van der Waals surface area contributed by atoms with Gasteiger partial charge in [0.15, 0.2) is 0 Å². The molecule has 0 spiro atoms. The zero-order valence-corrected chi connectivity index (χ0v) is 11.5. The number of pyridine rings is 1. The van der Waals surface area contributed by atoms with Crippen LogP contribution in [-0.4, -0.2) is 35.6 Å². The third-order valence-corrected chi connectivity index (χ3v) is 3.37. The molecule has 1 rings (SSSR count). The predicted octanol–water partition coefficient (Wildman–Crippen LogP) is 2.29. The average molecular weight is 235 g/mol. The van der Waals surface area contributed by atoms with Crippen molar-refractivity contribution in [1.82, 2.24) is 15.2 Å². The van der Waals surface area contributed by atoms with Crippen molar-refractivity contribution in [3.63, 3.8) is 0 Å². The Morgan fingerprint density at radius 2 is 1.94 bits per heavy atom. The molecule has 0 aromatic carbocycles. The second-order valence-electron chi connectivity index (χ2n) is 4.58. The van der Waals surface area contributed by atoms with E-state index in [9.17, 15) is 0 Å². The fourth-order valence-electron chi connectivity index (χ4n) is 2.15. The number of aromatic nitrogens is 1. The Balaban J connectivity index is 2.54. The lowest BCUT2D eigenvalue weighted by Crippen LogP contribution is -2.46. The van der Waals surface area contributed by atoms with E-state index < -0.39 is 0 Å². The van der Waals surface area contributed by atoms with Crippen LogP contribution in [0.5, 0.6) is 0 Å². The summed E-state index contributed by atoms with van der Waals surface area (Å²) in [6.45, 7) is 8.71. The number of hydrogen-bond donors (Lipinski definition) is 1. The van der Waals surface area contributed by atoms with Crippen molar-refractivity contribution >= 4 is 0 Å². The molecule has 1 aromatic rings. The fourth-order valence-corrected chi connectivity index (χ4v) is 2.15. The van der Waals surface area contributed by atoms with Crippen LogP contribution in [-0.2, 0) is 6.54 Å². The molecule has 0 saturated heterocycles. The molecule has 17 heavy (non-hydrogen) atoms. The summed E-state index contributed by atoms with van der Waals surface area (Å²) >= 11 is 0. The van der Waals surface area contributed by atoms with Crippen molar-refractivity contribution < 1.29 is 0 Å². The maximum Gasteiger partial charge on any atom is 0.0271 e. The Labute approximate surface area is 105 Å². The molecule has 0 radical (unpaired) electrons. The molecule has 3 heteroatoms. The molecule has 1 heterocycles. The fraction of sp³-hybridized carbons (Fsp3) is 0.643. The Hall–Kier alpha value is -0.930. The van der Waals surface area contributed by atoms with E-state index in [0.29, 0.717) is 12.1 Å². The van der Waals surface area contributed by atoms with Crippen molar-refractivity contribution in [3.8, 4) is 0 Å². The van der Waals surface area contributed by atoms with Crippen LogP contribution >= 0.6 is 0 Å². The molecule has 96 valence electrons. The van der Waals surface area contributed by atoms with E-state index in [1.54, 1.807) is 0 Å². The van der Waals surface area contributed by atoms with Gasteiger partial charge in [-0.05, 0) is 44.6 Å². The molecule has 0 saturated carbocycles. The molecule has 2 atom stereocenters. The van der Waals surface area contributed by atoms with E-state index >= 15 is 0 Å². The SMILES string of the molecule is CCNC(CC)C(C)N(C)Cc1ccncc1. The summed E-state index contributed by atoms with van der Waals surface area (Å²) in [4.78, 5) is 6.44. The second kappa shape index (κ2) is 7.41.